The van der Waals surface area contributed by atoms with E-state index >= 15 is 0 Å². The summed E-state index contributed by atoms with van der Waals surface area (Å²) >= 11 is 0. The minimum Gasteiger partial charge on any atom is -0.455 e. The molecule has 2 rings (SSSR count). The molecule has 0 aliphatic heterocycles. The van der Waals surface area contributed by atoms with Crippen LogP contribution in [0.4, 0.5) is 0 Å². The van der Waals surface area contributed by atoms with Crippen molar-refractivity contribution in [3.63, 3.8) is 0 Å². The third kappa shape index (κ3) is 2.87. The maximum Gasteiger partial charge on any atom is 0.148 e. The van der Waals surface area contributed by atoms with Crippen molar-refractivity contribution in [3.8, 4) is 11.5 Å². The van der Waals surface area contributed by atoms with Crippen molar-refractivity contribution in [2.75, 3.05) is 6.54 Å². The first-order chi connectivity index (χ1) is 8.70. The monoisotopic (exact) mass is 242 g/mol. The molecule has 0 amide bonds. The Balaban J connectivity index is 2.31. The molecule has 0 fully saturated rings. The SMILES string of the molecule is Cc1ccc(Oc2cccnc2C)c(CCN)c1. The number of hydrogen-bond donors (Lipinski definition) is 1. The van der Waals surface area contributed by atoms with E-state index in [1.807, 2.05) is 31.2 Å². The zero-order valence-corrected chi connectivity index (χ0v) is 10.8. The molecule has 3 nitrogen and oxygen atoms in total. The van der Waals surface area contributed by atoms with Crippen molar-refractivity contribution in [2.24, 2.45) is 5.73 Å². The average Bonchev–Trinajstić information content (AvgIpc) is 2.35. The molecule has 0 unspecified atom stereocenters. The van der Waals surface area contributed by atoms with Crippen LogP contribution in [0.3, 0.4) is 0 Å². The van der Waals surface area contributed by atoms with Gasteiger partial charge in [0.25, 0.3) is 0 Å². The molecule has 0 bridgehead atoms. The van der Waals surface area contributed by atoms with Gasteiger partial charge in [-0.3, -0.25) is 4.98 Å². The quantitative estimate of drug-likeness (QED) is 0.896. The van der Waals surface area contributed by atoms with Crippen molar-refractivity contribution >= 4 is 0 Å². The van der Waals surface area contributed by atoms with Crippen LogP contribution in [0.1, 0.15) is 16.8 Å². The molecule has 1 aromatic heterocycles. The highest BCUT2D eigenvalue weighted by Gasteiger charge is 2.07. The fourth-order valence-corrected chi connectivity index (χ4v) is 1.85. The second-order valence-corrected chi connectivity index (χ2v) is 4.34. The topological polar surface area (TPSA) is 48.1 Å². The Morgan fingerprint density at radius 1 is 1.17 bits per heavy atom. The second-order valence-electron chi connectivity index (χ2n) is 4.34. The molecule has 0 aliphatic carbocycles. The van der Waals surface area contributed by atoms with Gasteiger partial charge in [0, 0.05) is 6.20 Å². The molecule has 94 valence electrons. The first-order valence-corrected chi connectivity index (χ1v) is 6.10. The van der Waals surface area contributed by atoms with Crippen molar-refractivity contribution in [2.45, 2.75) is 20.3 Å². The van der Waals surface area contributed by atoms with Crippen LogP contribution in [0.25, 0.3) is 0 Å². The summed E-state index contributed by atoms with van der Waals surface area (Å²) in [5.41, 5.74) is 8.88. The predicted molar refractivity (Wildman–Crippen MR) is 73.0 cm³/mol. The third-order valence-electron chi connectivity index (χ3n) is 2.81. The van der Waals surface area contributed by atoms with Gasteiger partial charge in [-0.05, 0) is 50.6 Å². The normalized spacial score (nSPS) is 10.4. The van der Waals surface area contributed by atoms with Crippen LogP contribution in [0.5, 0.6) is 11.5 Å². The van der Waals surface area contributed by atoms with Gasteiger partial charge < -0.3 is 10.5 Å². The van der Waals surface area contributed by atoms with Gasteiger partial charge in [0.1, 0.15) is 11.5 Å². The molecule has 0 saturated carbocycles. The van der Waals surface area contributed by atoms with E-state index in [2.05, 4.69) is 18.0 Å². The van der Waals surface area contributed by atoms with Gasteiger partial charge in [0.05, 0.1) is 5.69 Å². The zero-order valence-electron chi connectivity index (χ0n) is 10.8. The molecule has 0 saturated heterocycles. The largest absolute Gasteiger partial charge is 0.455 e. The first kappa shape index (κ1) is 12.6. The van der Waals surface area contributed by atoms with E-state index in [0.29, 0.717) is 6.54 Å². The number of ether oxygens (including phenoxy) is 1. The number of nitrogens with zero attached hydrogens (tertiary/aromatic N) is 1. The molecule has 18 heavy (non-hydrogen) atoms. The van der Waals surface area contributed by atoms with Gasteiger partial charge in [-0.25, -0.2) is 0 Å². The predicted octanol–water partition coefficient (Wildman–Crippen LogP) is 2.99. The summed E-state index contributed by atoms with van der Waals surface area (Å²) in [6.07, 6.45) is 2.58. The summed E-state index contributed by atoms with van der Waals surface area (Å²) in [6, 6.07) is 9.95. The highest BCUT2D eigenvalue weighted by molar-refractivity contribution is 5.41. The Labute approximate surface area is 108 Å². The summed E-state index contributed by atoms with van der Waals surface area (Å²) in [5, 5.41) is 0. The Hall–Kier alpha value is -1.87. The molecule has 0 atom stereocenters. The lowest BCUT2D eigenvalue weighted by molar-refractivity contribution is 0.469. The maximum atomic E-state index is 5.93. The van der Waals surface area contributed by atoms with Gasteiger partial charge in [-0.15, -0.1) is 0 Å². The number of hydrogen-bond acceptors (Lipinski definition) is 3. The van der Waals surface area contributed by atoms with E-state index in [0.717, 1.165) is 29.2 Å². The molecular formula is C15H18N2O. The Kier molecular flexibility index (Phi) is 3.95. The summed E-state index contributed by atoms with van der Waals surface area (Å²) in [6.45, 7) is 4.62. The smallest absolute Gasteiger partial charge is 0.148 e. The van der Waals surface area contributed by atoms with Gasteiger partial charge in [0.2, 0.25) is 0 Å². The lowest BCUT2D eigenvalue weighted by Crippen LogP contribution is -2.04. The number of pyridine rings is 1. The summed E-state index contributed by atoms with van der Waals surface area (Å²) in [5.74, 6) is 1.65. The van der Waals surface area contributed by atoms with Crippen LogP contribution in [-0.4, -0.2) is 11.5 Å². The van der Waals surface area contributed by atoms with Gasteiger partial charge in [-0.2, -0.15) is 0 Å². The van der Waals surface area contributed by atoms with Gasteiger partial charge in [0.15, 0.2) is 0 Å². The standard InChI is InChI=1S/C15H18N2O/c1-11-5-6-15(13(10-11)7-8-16)18-14-4-3-9-17-12(14)2/h3-6,9-10H,7-8,16H2,1-2H3. The highest BCUT2D eigenvalue weighted by atomic mass is 16.5. The summed E-state index contributed by atoms with van der Waals surface area (Å²) in [7, 11) is 0. The van der Waals surface area contributed by atoms with Crippen LogP contribution in [0.15, 0.2) is 36.5 Å². The molecule has 3 heteroatoms. The van der Waals surface area contributed by atoms with Gasteiger partial charge >= 0.3 is 0 Å². The molecule has 1 aromatic carbocycles. The number of rotatable bonds is 4. The Morgan fingerprint density at radius 3 is 2.72 bits per heavy atom. The lowest BCUT2D eigenvalue weighted by atomic mass is 10.1. The van der Waals surface area contributed by atoms with E-state index in [4.69, 9.17) is 10.5 Å². The summed E-state index contributed by atoms with van der Waals surface area (Å²) < 4.78 is 5.93. The van der Waals surface area contributed by atoms with E-state index < -0.39 is 0 Å². The Morgan fingerprint density at radius 2 is 2.00 bits per heavy atom. The Bertz CT molecular complexity index is 538. The summed E-state index contributed by atoms with van der Waals surface area (Å²) in [4.78, 5) is 4.22. The van der Waals surface area contributed by atoms with Crippen LogP contribution in [0.2, 0.25) is 0 Å². The van der Waals surface area contributed by atoms with Crippen molar-refractivity contribution in [3.05, 3.63) is 53.3 Å². The lowest BCUT2D eigenvalue weighted by Gasteiger charge is -2.12. The minimum atomic E-state index is 0.617. The van der Waals surface area contributed by atoms with E-state index in [-0.39, 0.29) is 0 Å². The fourth-order valence-electron chi connectivity index (χ4n) is 1.85. The maximum absolute atomic E-state index is 5.93. The molecule has 0 spiro atoms. The molecule has 2 N–H and O–H groups in total. The van der Waals surface area contributed by atoms with Crippen molar-refractivity contribution in [1.29, 1.82) is 0 Å². The van der Waals surface area contributed by atoms with Crippen LogP contribution < -0.4 is 10.5 Å². The third-order valence-corrected chi connectivity index (χ3v) is 2.81. The van der Waals surface area contributed by atoms with Gasteiger partial charge in [-0.1, -0.05) is 17.7 Å². The van der Waals surface area contributed by atoms with Crippen molar-refractivity contribution in [1.82, 2.24) is 4.98 Å². The molecule has 1 heterocycles. The number of benzene rings is 1. The highest BCUT2D eigenvalue weighted by Crippen LogP contribution is 2.27. The molecule has 2 aromatic rings. The number of nitrogens with two attached hydrogens (primary N) is 1. The fraction of sp³-hybridized carbons (Fsp3) is 0.267. The zero-order chi connectivity index (χ0) is 13.0. The molecule has 0 radical (unpaired) electrons. The molecular weight excluding hydrogens is 224 g/mol. The van der Waals surface area contributed by atoms with E-state index in [1.165, 1.54) is 5.56 Å². The first-order valence-electron chi connectivity index (χ1n) is 6.10. The van der Waals surface area contributed by atoms with Crippen LogP contribution in [0, 0.1) is 13.8 Å². The number of aromatic nitrogens is 1. The van der Waals surface area contributed by atoms with Crippen LogP contribution >= 0.6 is 0 Å². The minimum absolute atomic E-state index is 0.617. The van der Waals surface area contributed by atoms with E-state index in [1.54, 1.807) is 6.20 Å². The van der Waals surface area contributed by atoms with Crippen LogP contribution in [-0.2, 0) is 6.42 Å². The average molecular weight is 242 g/mol. The van der Waals surface area contributed by atoms with Crippen molar-refractivity contribution < 1.29 is 4.74 Å². The number of aryl methyl sites for hydroxylation is 2. The molecule has 0 aliphatic rings. The van der Waals surface area contributed by atoms with E-state index in [9.17, 15) is 0 Å². The second kappa shape index (κ2) is 5.65.